The number of aryl methyl sites for hydroxylation is 2. The molecule has 1 rings (SSSR count). The minimum atomic E-state index is -0.487. The average molecular weight is 267 g/mol. The second-order valence-corrected chi connectivity index (χ2v) is 5.16. The Bertz CT molecular complexity index is 442. The molecule has 0 aliphatic carbocycles. The number of carbonyl (C=O) groups excluding carboxylic acids is 1. The molecule has 1 heterocycles. The molecule has 0 saturated carbocycles. The third kappa shape index (κ3) is 5.98. The number of alkyl carbamates (subject to hydrolysis) is 1. The molecule has 7 heteroatoms. The van der Waals surface area contributed by atoms with Crippen molar-refractivity contribution in [2.45, 2.75) is 40.2 Å². The number of nitrogens with one attached hydrogen (secondary N) is 2. The van der Waals surface area contributed by atoms with Crippen LogP contribution in [0.5, 0.6) is 0 Å². The van der Waals surface area contributed by atoms with Crippen molar-refractivity contribution in [2.24, 2.45) is 0 Å². The highest BCUT2D eigenvalue weighted by molar-refractivity contribution is 5.67. The summed E-state index contributed by atoms with van der Waals surface area (Å²) in [5.74, 6) is 0.453. The SMILES string of the molecule is Cc1nnc(NCCNC(=O)OC(C)(C)C)nc1C. The molecule has 1 aromatic heterocycles. The van der Waals surface area contributed by atoms with E-state index in [-0.39, 0.29) is 0 Å². The van der Waals surface area contributed by atoms with Gasteiger partial charge < -0.3 is 15.4 Å². The molecule has 0 aromatic carbocycles. The first-order valence-corrected chi connectivity index (χ1v) is 6.16. The summed E-state index contributed by atoms with van der Waals surface area (Å²) >= 11 is 0. The molecule has 7 nitrogen and oxygen atoms in total. The summed E-state index contributed by atoms with van der Waals surface area (Å²) in [6.45, 7) is 10.1. The summed E-state index contributed by atoms with van der Waals surface area (Å²) in [5.41, 5.74) is 1.15. The molecule has 19 heavy (non-hydrogen) atoms. The Kier molecular flexibility index (Phi) is 5.02. The van der Waals surface area contributed by atoms with E-state index < -0.39 is 11.7 Å². The third-order valence-corrected chi connectivity index (χ3v) is 2.17. The fourth-order valence-corrected chi connectivity index (χ4v) is 1.18. The van der Waals surface area contributed by atoms with Crippen LogP contribution in [0.3, 0.4) is 0 Å². The van der Waals surface area contributed by atoms with Crippen molar-refractivity contribution in [1.29, 1.82) is 0 Å². The minimum Gasteiger partial charge on any atom is -0.444 e. The van der Waals surface area contributed by atoms with E-state index >= 15 is 0 Å². The Morgan fingerprint density at radius 3 is 2.42 bits per heavy atom. The van der Waals surface area contributed by atoms with Gasteiger partial charge in [-0.1, -0.05) is 0 Å². The first-order valence-electron chi connectivity index (χ1n) is 6.16. The average Bonchev–Trinajstić information content (AvgIpc) is 2.27. The van der Waals surface area contributed by atoms with Gasteiger partial charge in [0.25, 0.3) is 0 Å². The fraction of sp³-hybridized carbons (Fsp3) is 0.667. The predicted octanol–water partition coefficient (Wildman–Crippen LogP) is 1.43. The van der Waals surface area contributed by atoms with Crippen LogP contribution in [0.15, 0.2) is 0 Å². The van der Waals surface area contributed by atoms with Crippen LogP contribution in [-0.2, 0) is 4.74 Å². The Hall–Kier alpha value is -1.92. The molecule has 106 valence electrons. The molecule has 0 saturated heterocycles. The summed E-state index contributed by atoms with van der Waals surface area (Å²) in [5, 5.41) is 13.5. The molecule has 0 spiro atoms. The third-order valence-electron chi connectivity index (χ3n) is 2.17. The van der Waals surface area contributed by atoms with E-state index in [0.717, 1.165) is 11.4 Å². The van der Waals surface area contributed by atoms with Crippen LogP contribution in [0.4, 0.5) is 10.7 Å². The lowest BCUT2D eigenvalue weighted by atomic mass is 10.2. The topological polar surface area (TPSA) is 89.0 Å². The second-order valence-electron chi connectivity index (χ2n) is 5.16. The van der Waals surface area contributed by atoms with Gasteiger partial charge in [-0.05, 0) is 34.6 Å². The highest BCUT2D eigenvalue weighted by Crippen LogP contribution is 2.06. The number of carbonyl (C=O) groups is 1. The zero-order valence-electron chi connectivity index (χ0n) is 12.1. The van der Waals surface area contributed by atoms with Gasteiger partial charge in [0.2, 0.25) is 5.95 Å². The van der Waals surface area contributed by atoms with Crippen molar-refractivity contribution in [3.8, 4) is 0 Å². The van der Waals surface area contributed by atoms with Crippen LogP contribution in [0.1, 0.15) is 32.2 Å². The number of anilines is 1. The van der Waals surface area contributed by atoms with Crippen molar-refractivity contribution in [3.05, 3.63) is 11.4 Å². The van der Waals surface area contributed by atoms with Crippen molar-refractivity contribution in [1.82, 2.24) is 20.5 Å². The lowest BCUT2D eigenvalue weighted by Crippen LogP contribution is -2.35. The molecule has 1 aromatic rings. The monoisotopic (exact) mass is 267 g/mol. The first kappa shape index (κ1) is 15.1. The molecule has 0 unspecified atom stereocenters. The number of ether oxygens (including phenoxy) is 1. The van der Waals surface area contributed by atoms with E-state index in [4.69, 9.17) is 4.74 Å². The summed E-state index contributed by atoms with van der Waals surface area (Å²) < 4.78 is 5.10. The molecular formula is C12H21N5O2. The first-order chi connectivity index (χ1) is 8.78. The van der Waals surface area contributed by atoms with Gasteiger partial charge >= 0.3 is 6.09 Å². The fourth-order valence-electron chi connectivity index (χ4n) is 1.18. The lowest BCUT2D eigenvalue weighted by molar-refractivity contribution is 0.0530. The van der Waals surface area contributed by atoms with Crippen molar-refractivity contribution < 1.29 is 9.53 Å². The molecule has 0 fully saturated rings. The molecular weight excluding hydrogens is 246 g/mol. The second kappa shape index (κ2) is 6.31. The number of hydrogen-bond donors (Lipinski definition) is 2. The van der Waals surface area contributed by atoms with Crippen LogP contribution in [0.2, 0.25) is 0 Å². The summed E-state index contributed by atoms with van der Waals surface area (Å²) in [7, 11) is 0. The Morgan fingerprint density at radius 1 is 1.16 bits per heavy atom. The van der Waals surface area contributed by atoms with Crippen LogP contribution in [-0.4, -0.2) is 40.0 Å². The maximum absolute atomic E-state index is 11.4. The number of nitrogens with zero attached hydrogens (tertiary/aromatic N) is 3. The van der Waals surface area contributed by atoms with Crippen LogP contribution >= 0.6 is 0 Å². The lowest BCUT2D eigenvalue weighted by Gasteiger charge is -2.19. The van der Waals surface area contributed by atoms with Crippen LogP contribution in [0, 0.1) is 13.8 Å². The Morgan fingerprint density at radius 2 is 1.84 bits per heavy atom. The highest BCUT2D eigenvalue weighted by Gasteiger charge is 2.15. The minimum absolute atomic E-state index is 0.422. The van der Waals surface area contributed by atoms with Gasteiger partial charge in [-0.25, -0.2) is 9.78 Å². The normalized spacial score (nSPS) is 11.0. The van der Waals surface area contributed by atoms with Gasteiger partial charge in [-0.3, -0.25) is 0 Å². The standard InChI is InChI=1S/C12H21N5O2/c1-8-9(2)16-17-10(15-8)13-6-7-14-11(18)19-12(3,4)5/h6-7H2,1-5H3,(H,14,18)(H,13,15,17). The van der Waals surface area contributed by atoms with Crippen molar-refractivity contribution >= 4 is 12.0 Å². The Balaban J connectivity index is 2.27. The smallest absolute Gasteiger partial charge is 0.407 e. The van der Waals surface area contributed by atoms with E-state index in [1.54, 1.807) is 0 Å². The number of rotatable bonds is 4. The van der Waals surface area contributed by atoms with E-state index in [9.17, 15) is 4.79 Å². The quantitative estimate of drug-likeness (QED) is 0.802. The maximum Gasteiger partial charge on any atom is 0.407 e. The number of amides is 1. The van der Waals surface area contributed by atoms with E-state index in [1.807, 2.05) is 34.6 Å². The molecule has 0 atom stereocenters. The highest BCUT2D eigenvalue weighted by atomic mass is 16.6. The zero-order chi connectivity index (χ0) is 14.5. The van der Waals surface area contributed by atoms with E-state index in [1.165, 1.54) is 0 Å². The van der Waals surface area contributed by atoms with Gasteiger partial charge in [0, 0.05) is 13.1 Å². The number of aromatic nitrogens is 3. The molecule has 2 N–H and O–H groups in total. The molecule has 0 aliphatic rings. The van der Waals surface area contributed by atoms with Gasteiger partial charge in [-0.15, -0.1) is 5.10 Å². The van der Waals surface area contributed by atoms with Crippen molar-refractivity contribution in [3.63, 3.8) is 0 Å². The molecule has 0 aliphatic heterocycles. The Labute approximate surface area is 113 Å². The molecule has 1 amide bonds. The molecule has 0 radical (unpaired) electrons. The van der Waals surface area contributed by atoms with Crippen molar-refractivity contribution in [2.75, 3.05) is 18.4 Å². The summed E-state index contributed by atoms with van der Waals surface area (Å²) in [6, 6.07) is 0. The number of hydrogen-bond acceptors (Lipinski definition) is 6. The van der Waals surface area contributed by atoms with E-state index in [2.05, 4.69) is 25.8 Å². The largest absolute Gasteiger partial charge is 0.444 e. The van der Waals surface area contributed by atoms with Crippen LogP contribution in [0.25, 0.3) is 0 Å². The van der Waals surface area contributed by atoms with Gasteiger partial charge in [0.05, 0.1) is 11.4 Å². The van der Waals surface area contributed by atoms with E-state index in [0.29, 0.717) is 19.0 Å². The summed E-state index contributed by atoms with van der Waals surface area (Å²) in [4.78, 5) is 15.6. The predicted molar refractivity (Wildman–Crippen MR) is 72.0 cm³/mol. The maximum atomic E-state index is 11.4. The van der Waals surface area contributed by atoms with Crippen LogP contribution < -0.4 is 10.6 Å². The van der Waals surface area contributed by atoms with Gasteiger partial charge in [-0.2, -0.15) is 5.10 Å². The zero-order valence-corrected chi connectivity index (χ0v) is 12.1. The summed E-state index contributed by atoms with van der Waals surface area (Å²) in [6.07, 6.45) is -0.437. The molecule has 0 bridgehead atoms. The van der Waals surface area contributed by atoms with Gasteiger partial charge in [0.15, 0.2) is 0 Å². The van der Waals surface area contributed by atoms with Gasteiger partial charge in [0.1, 0.15) is 5.60 Å².